The number of benzene rings is 1. The Morgan fingerprint density at radius 3 is 3.00 bits per heavy atom. The highest BCUT2D eigenvalue weighted by molar-refractivity contribution is 7.17. The van der Waals surface area contributed by atoms with Gasteiger partial charge in [-0.1, -0.05) is 6.92 Å². The molecule has 0 aliphatic rings. The third kappa shape index (κ3) is 1.20. The molecule has 0 aliphatic heterocycles. The molecule has 0 aliphatic carbocycles. The summed E-state index contributed by atoms with van der Waals surface area (Å²) >= 11 is 1.40. The Labute approximate surface area is 80.0 Å². The van der Waals surface area contributed by atoms with Crippen LogP contribution in [0.2, 0.25) is 0 Å². The first-order valence-electron chi connectivity index (χ1n) is 4.18. The number of thiophene rings is 1. The van der Waals surface area contributed by atoms with E-state index >= 15 is 0 Å². The number of nitrogen functional groups attached to an aromatic ring is 1. The van der Waals surface area contributed by atoms with Gasteiger partial charge in [-0.25, -0.2) is 4.39 Å². The first kappa shape index (κ1) is 8.51. The molecule has 0 spiro atoms. The summed E-state index contributed by atoms with van der Waals surface area (Å²) in [5.41, 5.74) is 6.93. The zero-order valence-electron chi connectivity index (χ0n) is 7.30. The van der Waals surface area contributed by atoms with Crippen LogP contribution in [0.3, 0.4) is 0 Å². The van der Waals surface area contributed by atoms with E-state index in [9.17, 15) is 4.39 Å². The Morgan fingerprint density at radius 1 is 1.54 bits per heavy atom. The van der Waals surface area contributed by atoms with E-state index in [1.165, 1.54) is 11.3 Å². The fourth-order valence-electron chi connectivity index (χ4n) is 1.48. The van der Waals surface area contributed by atoms with Crippen LogP contribution in [0, 0.1) is 5.82 Å². The molecule has 1 aromatic carbocycles. The van der Waals surface area contributed by atoms with E-state index in [4.69, 9.17) is 5.73 Å². The van der Waals surface area contributed by atoms with E-state index in [2.05, 4.69) is 0 Å². The molecule has 1 nitrogen and oxygen atoms in total. The van der Waals surface area contributed by atoms with Gasteiger partial charge in [-0.3, -0.25) is 0 Å². The van der Waals surface area contributed by atoms with Crippen LogP contribution in [0.15, 0.2) is 17.5 Å². The Balaban J connectivity index is 2.87. The molecule has 0 bridgehead atoms. The van der Waals surface area contributed by atoms with Gasteiger partial charge in [0.15, 0.2) is 5.82 Å². The van der Waals surface area contributed by atoms with Gasteiger partial charge < -0.3 is 5.73 Å². The molecular formula is C10H10FNS. The molecule has 13 heavy (non-hydrogen) atoms. The first-order valence-corrected chi connectivity index (χ1v) is 5.06. The van der Waals surface area contributed by atoms with Gasteiger partial charge in [-0.15, -0.1) is 11.3 Å². The molecule has 1 heterocycles. The van der Waals surface area contributed by atoms with E-state index in [0.717, 1.165) is 17.4 Å². The van der Waals surface area contributed by atoms with Crippen molar-refractivity contribution in [2.24, 2.45) is 0 Å². The highest BCUT2D eigenvalue weighted by Crippen LogP contribution is 2.31. The number of halogens is 1. The van der Waals surface area contributed by atoms with E-state index < -0.39 is 0 Å². The van der Waals surface area contributed by atoms with Gasteiger partial charge in [-0.2, -0.15) is 0 Å². The number of anilines is 1. The maximum atomic E-state index is 13.4. The van der Waals surface area contributed by atoms with Crippen molar-refractivity contribution in [2.45, 2.75) is 13.3 Å². The molecule has 2 N–H and O–H groups in total. The van der Waals surface area contributed by atoms with Gasteiger partial charge in [0.2, 0.25) is 0 Å². The van der Waals surface area contributed by atoms with Crippen molar-refractivity contribution in [3.05, 3.63) is 28.9 Å². The number of fused-ring (bicyclic) bond motifs is 1. The van der Waals surface area contributed by atoms with Crippen LogP contribution >= 0.6 is 11.3 Å². The highest BCUT2D eigenvalue weighted by Gasteiger charge is 2.09. The Bertz CT molecular complexity index is 447. The van der Waals surface area contributed by atoms with E-state index in [1.807, 2.05) is 18.4 Å². The van der Waals surface area contributed by atoms with Crippen molar-refractivity contribution in [3.8, 4) is 0 Å². The van der Waals surface area contributed by atoms with Crippen LogP contribution in [-0.4, -0.2) is 0 Å². The number of hydrogen-bond acceptors (Lipinski definition) is 2. The van der Waals surface area contributed by atoms with Crippen LogP contribution in [0.25, 0.3) is 10.1 Å². The highest BCUT2D eigenvalue weighted by atomic mass is 32.1. The molecule has 3 heteroatoms. The summed E-state index contributed by atoms with van der Waals surface area (Å²) in [4.78, 5) is 0. The summed E-state index contributed by atoms with van der Waals surface area (Å²) < 4.78 is 14.1. The maximum Gasteiger partial charge on any atom is 0.163 e. The quantitative estimate of drug-likeness (QED) is 0.695. The molecule has 68 valence electrons. The monoisotopic (exact) mass is 195 g/mol. The van der Waals surface area contributed by atoms with Gasteiger partial charge in [0.05, 0.1) is 10.4 Å². The van der Waals surface area contributed by atoms with Crippen molar-refractivity contribution < 1.29 is 4.39 Å². The second kappa shape index (κ2) is 3.00. The predicted octanol–water partition coefficient (Wildman–Crippen LogP) is 3.19. The third-order valence-corrected chi connectivity index (χ3v) is 3.08. The van der Waals surface area contributed by atoms with E-state index in [1.54, 1.807) is 6.07 Å². The zero-order chi connectivity index (χ0) is 9.42. The lowest BCUT2D eigenvalue weighted by atomic mass is 10.1. The molecule has 0 fully saturated rings. The summed E-state index contributed by atoms with van der Waals surface area (Å²) in [6.07, 6.45) is 0.887. The summed E-state index contributed by atoms with van der Waals surface area (Å²) in [6.45, 7) is 2.05. The summed E-state index contributed by atoms with van der Waals surface area (Å²) in [5.74, 6) is -0.276. The van der Waals surface area contributed by atoms with Crippen LogP contribution in [0.5, 0.6) is 0 Å². The van der Waals surface area contributed by atoms with E-state index in [0.29, 0.717) is 4.70 Å². The van der Waals surface area contributed by atoms with E-state index in [-0.39, 0.29) is 11.5 Å². The predicted molar refractivity (Wildman–Crippen MR) is 55.6 cm³/mol. The molecular weight excluding hydrogens is 185 g/mol. The minimum absolute atomic E-state index is 0.256. The second-order valence-electron chi connectivity index (χ2n) is 2.96. The number of rotatable bonds is 1. The normalized spacial score (nSPS) is 10.9. The van der Waals surface area contributed by atoms with Crippen molar-refractivity contribution >= 4 is 27.1 Å². The van der Waals surface area contributed by atoms with Gasteiger partial charge in [0.25, 0.3) is 0 Å². The minimum Gasteiger partial charge on any atom is -0.396 e. The average Bonchev–Trinajstić information content (AvgIpc) is 2.60. The second-order valence-corrected chi connectivity index (χ2v) is 3.87. The Hall–Kier alpha value is -1.09. The van der Waals surface area contributed by atoms with Crippen LogP contribution in [0.4, 0.5) is 10.1 Å². The molecule has 0 atom stereocenters. The minimum atomic E-state index is -0.276. The molecule has 0 saturated carbocycles. The van der Waals surface area contributed by atoms with Gasteiger partial charge in [0, 0.05) is 0 Å². The van der Waals surface area contributed by atoms with Crippen molar-refractivity contribution in [3.63, 3.8) is 0 Å². The molecule has 0 unspecified atom stereocenters. The number of hydrogen-bond donors (Lipinski definition) is 1. The van der Waals surface area contributed by atoms with Crippen molar-refractivity contribution in [1.82, 2.24) is 0 Å². The fraction of sp³-hybridized carbons (Fsp3) is 0.200. The lowest BCUT2D eigenvalue weighted by molar-refractivity contribution is 0.646. The van der Waals surface area contributed by atoms with Crippen LogP contribution in [-0.2, 0) is 6.42 Å². The summed E-state index contributed by atoms with van der Waals surface area (Å²) in [5, 5.41) is 2.89. The topological polar surface area (TPSA) is 26.0 Å². The average molecular weight is 195 g/mol. The summed E-state index contributed by atoms with van der Waals surface area (Å²) in [6, 6.07) is 3.67. The molecule has 1 aromatic heterocycles. The zero-order valence-corrected chi connectivity index (χ0v) is 8.12. The Kier molecular flexibility index (Phi) is 1.96. The van der Waals surface area contributed by atoms with Crippen molar-refractivity contribution in [2.75, 3.05) is 5.73 Å². The molecule has 0 saturated heterocycles. The molecule has 2 aromatic rings. The van der Waals surface area contributed by atoms with Crippen LogP contribution in [0.1, 0.15) is 12.5 Å². The Morgan fingerprint density at radius 2 is 2.31 bits per heavy atom. The van der Waals surface area contributed by atoms with Crippen molar-refractivity contribution in [1.29, 1.82) is 0 Å². The van der Waals surface area contributed by atoms with Gasteiger partial charge in [-0.05, 0) is 34.9 Å². The fourth-order valence-corrected chi connectivity index (χ4v) is 2.37. The molecule has 0 radical (unpaired) electrons. The van der Waals surface area contributed by atoms with Gasteiger partial charge >= 0.3 is 0 Å². The lowest BCUT2D eigenvalue weighted by Gasteiger charge is -2.03. The largest absolute Gasteiger partial charge is 0.396 e. The maximum absolute atomic E-state index is 13.4. The molecule has 2 rings (SSSR count). The SMILES string of the molecule is CCc1cc(N)c(F)c2sccc12. The van der Waals surface area contributed by atoms with Gasteiger partial charge in [0.1, 0.15) is 0 Å². The number of nitrogens with two attached hydrogens (primary N) is 1. The number of aryl methyl sites for hydroxylation is 1. The first-order chi connectivity index (χ1) is 6.24. The smallest absolute Gasteiger partial charge is 0.163 e. The standard InChI is InChI=1S/C10H10FNS/c1-2-6-5-8(12)9(11)10-7(6)3-4-13-10/h3-5H,2,12H2,1H3. The molecule has 0 amide bonds. The van der Waals surface area contributed by atoms with Crippen LogP contribution < -0.4 is 5.73 Å². The summed E-state index contributed by atoms with van der Waals surface area (Å²) in [7, 11) is 0. The third-order valence-electron chi connectivity index (χ3n) is 2.17. The lowest BCUT2D eigenvalue weighted by Crippen LogP contribution is -1.93.